The van der Waals surface area contributed by atoms with Crippen LogP contribution in [-0.4, -0.2) is 14.8 Å². The van der Waals surface area contributed by atoms with Gasteiger partial charge in [-0.1, -0.05) is 24.6 Å². The Labute approximate surface area is 116 Å². The molecule has 0 fully saturated rings. The van der Waals surface area contributed by atoms with E-state index < -0.39 is 0 Å². The predicted octanol–water partition coefficient (Wildman–Crippen LogP) is 2.72. The van der Waals surface area contributed by atoms with Crippen LogP contribution in [0, 0.1) is 5.82 Å². The number of rotatable bonds is 5. The maximum atomic E-state index is 13.0. The average molecular weight is 283 g/mol. The van der Waals surface area contributed by atoms with Crippen LogP contribution in [0.15, 0.2) is 24.5 Å². The second-order valence-electron chi connectivity index (χ2n) is 4.38. The van der Waals surface area contributed by atoms with E-state index in [4.69, 9.17) is 17.3 Å². The number of benzene rings is 1. The first-order valence-electron chi connectivity index (χ1n) is 6.19. The monoisotopic (exact) mass is 282 g/mol. The standard InChI is InChI=1S/C13H16ClFN4/c1-2-5-19-13(17-8-18-19)7-12(16)10-4-3-9(15)6-11(10)14/h3-4,6,8,12H,2,5,7,16H2,1H3. The molecule has 1 atom stereocenters. The zero-order chi connectivity index (χ0) is 13.8. The molecule has 1 heterocycles. The molecule has 2 N–H and O–H groups in total. The van der Waals surface area contributed by atoms with Crippen LogP contribution in [0.2, 0.25) is 5.02 Å². The van der Waals surface area contributed by atoms with Crippen molar-refractivity contribution in [1.29, 1.82) is 0 Å². The maximum Gasteiger partial charge on any atom is 0.138 e. The van der Waals surface area contributed by atoms with Crippen molar-refractivity contribution in [3.8, 4) is 0 Å². The smallest absolute Gasteiger partial charge is 0.138 e. The number of aryl methyl sites for hydroxylation is 1. The molecule has 102 valence electrons. The zero-order valence-electron chi connectivity index (χ0n) is 10.7. The van der Waals surface area contributed by atoms with Crippen LogP contribution in [0.5, 0.6) is 0 Å². The van der Waals surface area contributed by atoms with Gasteiger partial charge in [0.15, 0.2) is 0 Å². The number of aromatic nitrogens is 3. The Hall–Kier alpha value is -1.46. The van der Waals surface area contributed by atoms with Gasteiger partial charge in [0.25, 0.3) is 0 Å². The summed E-state index contributed by atoms with van der Waals surface area (Å²) in [4.78, 5) is 4.20. The molecule has 2 rings (SSSR count). The van der Waals surface area contributed by atoms with Gasteiger partial charge >= 0.3 is 0 Å². The fraction of sp³-hybridized carbons (Fsp3) is 0.385. The number of hydrogen-bond donors (Lipinski definition) is 1. The summed E-state index contributed by atoms with van der Waals surface area (Å²) in [5.74, 6) is 0.449. The molecule has 19 heavy (non-hydrogen) atoms. The molecule has 2 aromatic rings. The topological polar surface area (TPSA) is 56.7 Å². The third-order valence-electron chi connectivity index (χ3n) is 2.90. The van der Waals surface area contributed by atoms with Crippen molar-refractivity contribution in [2.75, 3.05) is 0 Å². The predicted molar refractivity (Wildman–Crippen MR) is 72.4 cm³/mol. The molecule has 0 spiro atoms. The van der Waals surface area contributed by atoms with Crippen molar-refractivity contribution < 1.29 is 4.39 Å². The van der Waals surface area contributed by atoms with Crippen molar-refractivity contribution >= 4 is 11.6 Å². The number of halogens is 2. The molecule has 0 amide bonds. The molecule has 0 saturated carbocycles. The molecular formula is C13H16ClFN4. The lowest BCUT2D eigenvalue weighted by atomic mass is 10.0. The van der Waals surface area contributed by atoms with Crippen LogP contribution in [0.25, 0.3) is 0 Å². The molecule has 1 unspecified atom stereocenters. The fourth-order valence-electron chi connectivity index (χ4n) is 1.95. The van der Waals surface area contributed by atoms with Gasteiger partial charge in [0.2, 0.25) is 0 Å². The van der Waals surface area contributed by atoms with Gasteiger partial charge in [-0.05, 0) is 24.1 Å². The van der Waals surface area contributed by atoms with Crippen LogP contribution in [0.4, 0.5) is 4.39 Å². The van der Waals surface area contributed by atoms with E-state index in [1.165, 1.54) is 18.5 Å². The third-order valence-corrected chi connectivity index (χ3v) is 3.22. The van der Waals surface area contributed by atoms with E-state index in [9.17, 15) is 4.39 Å². The fourth-order valence-corrected chi connectivity index (χ4v) is 2.26. The van der Waals surface area contributed by atoms with Gasteiger partial charge in [-0.25, -0.2) is 9.37 Å². The lowest BCUT2D eigenvalue weighted by Gasteiger charge is -2.14. The van der Waals surface area contributed by atoms with Crippen LogP contribution in [0.1, 0.15) is 30.8 Å². The summed E-state index contributed by atoms with van der Waals surface area (Å²) in [6.45, 7) is 2.88. The SMILES string of the molecule is CCCn1ncnc1CC(N)c1ccc(F)cc1Cl. The van der Waals surface area contributed by atoms with Gasteiger partial charge in [-0.3, -0.25) is 4.68 Å². The molecule has 6 heteroatoms. The van der Waals surface area contributed by atoms with Crippen molar-refractivity contribution in [3.05, 3.63) is 46.8 Å². The first-order chi connectivity index (χ1) is 9.11. The normalized spacial score (nSPS) is 12.6. The summed E-state index contributed by atoms with van der Waals surface area (Å²) < 4.78 is 14.8. The lowest BCUT2D eigenvalue weighted by molar-refractivity contribution is 0.547. The summed E-state index contributed by atoms with van der Waals surface area (Å²) in [7, 11) is 0. The first-order valence-corrected chi connectivity index (χ1v) is 6.56. The van der Waals surface area contributed by atoms with Crippen LogP contribution < -0.4 is 5.73 Å². The molecule has 0 radical (unpaired) electrons. The second-order valence-corrected chi connectivity index (χ2v) is 4.78. The molecule has 0 aliphatic carbocycles. The molecule has 4 nitrogen and oxygen atoms in total. The van der Waals surface area contributed by atoms with E-state index in [0.29, 0.717) is 17.0 Å². The van der Waals surface area contributed by atoms with E-state index in [0.717, 1.165) is 18.8 Å². The number of nitrogens with zero attached hydrogens (tertiary/aromatic N) is 3. The van der Waals surface area contributed by atoms with Crippen molar-refractivity contribution in [1.82, 2.24) is 14.8 Å². The summed E-state index contributed by atoms with van der Waals surface area (Å²) in [5, 5.41) is 4.49. The van der Waals surface area contributed by atoms with E-state index >= 15 is 0 Å². The molecular weight excluding hydrogens is 267 g/mol. The highest BCUT2D eigenvalue weighted by atomic mass is 35.5. The Kier molecular flexibility index (Phi) is 4.50. The Balaban J connectivity index is 2.16. The van der Waals surface area contributed by atoms with Crippen LogP contribution >= 0.6 is 11.6 Å². The number of hydrogen-bond acceptors (Lipinski definition) is 3. The first kappa shape index (κ1) is 14.0. The minimum atomic E-state index is -0.366. The average Bonchev–Trinajstić information content (AvgIpc) is 2.77. The highest BCUT2D eigenvalue weighted by Gasteiger charge is 2.15. The Morgan fingerprint density at radius 2 is 2.26 bits per heavy atom. The van der Waals surface area contributed by atoms with Gasteiger partial charge in [-0.2, -0.15) is 5.10 Å². The van der Waals surface area contributed by atoms with Gasteiger partial charge in [0.1, 0.15) is 18.0 Å². The molecule has 1 aromatic carbocycles. The van der Waals surface area contributed by atoms with Crippen molar-refractivity contribution in [3.63, 3.8) is 0 Å². The molecule has 0 bridgehead atoms. The summed E-state index contributed by atoms with van der Waals surface area (Å²) >= 11 is 6.00. The van der Waals surface area contributed by atoms with Crippen LogP contribution in [-0.2, 0) is 13.0 Å². The Bertz CT molecular complexity index is 555. The van der Waals surface area contributed by atoms with Crippen molar-refractivity contribution in [2.24, 2.45) is 5.73 Å². The zero-order valence-corrected chi connectivity index (χ0v) is 11.4. The van der Waals surface area contributed by atoms with Gasteiger partial charge in [-0.15, -0.1) is 0 Å². The van der Waals surface area contributed by atoms with E-state index in [1.54, 1.807) is 6.07 Å². The molecule has 0 aliphatic heterocycles. The Morgan fingerprint density at radius 1 is 1.47 bits per heavy atom. The highest BCUT2D eigenvalue weighted by Crippen LogP contribution is 2.24. The van der Waals surface area contributed by atoms with Crippen LogP contribution in [0.3, 0.4) is 0 Å². The van der Waals surface area contributed by atoms with Gasteiger partial charge in [0, 0.05) is 24.0 Å². The second kappa shape index (κ2) is 6.12. The maximum absolute atomic E-state index is 13.0. The minimum Gasteiger partial charge on any atom is -0.324 e. The molecule has 0 aliphatic rings. The summed E-state index contributed by atoms with van der Waals surface area (Å²) in [6.07, 6.45) is 3.01. The number of nitrogens with two attached hydrogens (primary N) is 1. The highest BCUT2D eigenvalue weighted by molar-refractivity contribution is 6.31. The summed E-state index contributed by atoms with van der Waals surface area (Å²) in [6, 6.07) is 3.92. The summed E-state index contributed by atoms with van der Waals surface area (Å²) in [5.41, 5.74) is 6.83. The van der Waals surface area contributed by atoms with E-state index in [2.05, 4.69) is 17.0 Å². The molecule has 0 saturated heterocycles. The van der Waals surface area contributed by atoms with Gasteiger partial charge in [0.05, 0.1) is 0 Å². The third kappa shape index (κ3) is 3.30. The largest absolute Gasteiger partial charge is 0.324 e. The molecule has 1 aromatic heterocycles. The Morgan fingerprint density at radius 3 is 2.95 bits per heavy atom. The van der Waals surface area contributed by atoms with Gasteiger partial charge < -0.3 is 5.73 Å². The lowest BCUT2D eigenvalue weighted by Crippen LogP contribution is -2.17. The quantitative estimate of drug-likeness (QED) is 0.917. The van der Waals surface area contributed by atoms with E-state index in [1.807, 2.05) is 4.68 Å². The van der Waals surface area contributed by atoms with Crippen molar-refractivity contribution in [2.45, 2.75) is 32.4 Å². The van der Waals surface area contributed by atoms with E-state index in [-0.39, 0.29) is 11.9 Å². The minimum absolute atomic E-state index is 0.326.